The summed E-state index contributed by atoms with van der Waals surface area (Å²) in [4.78, 5) is 45.8. The monoisotopic (exact) mass is 333 g/mol. The van der Waals surface area contributed by atoms with Crippen molar-refractivity contribution in [3.8, 4) is 0 Å². The minimum atomic E-state index is -0.670. The average molecular weight is 333 g/mol. The lowest BCUT2D eigenvalue weighted by Crippen LogP contribution is -2.36. The van der Waals surface area contributed by atoms with Gasteiger partial charge in [-0.15, -0.1) is 0 Å². The molecular weight excluding hydrogens is 314 g/mol. The van der Waals surface area contributed by atoms with E-state index in [-0.39, 0.29) is 21.7 Å². The molecule has 0 unspecified atom stereocenters. The molecule has 0 aromatic carbocycles. The molecule has 1 aliphatic rings. The summed E-state index contributed by atoms with van der Waals surface area (Å²) in [6, 6.07) is -0.435. The normalized spacial score (nSPS) is 17.8. The van der Waals surface area contributed by atoms with E-state index in [2.05, 4.69) is 5.32 Å². The molecule has 8 heteroatoms. The van der Waals surface area contributed by atoms with E-state index in [1.807, 2.05) is 0 Å². The van der Waals surface area contributed by atoms with Gasteiger partial charge in [-0.2, -0.15) is 0 Å². The minimum Gasteiger partial charge on any atom is -0.392 e. The number of rotatable bonds is 6. The molecule has 0 amide bonds. The van der Waals surface area contributed by atoms with Crippen molar-refractivity contribution >= 4 is 45.7 Å². The average Bonchev–Trinajstić information content (AvgIpc) is 2.91. The summed E-state index contributed by atoms with van der Waals surface area (Å²) >= 11 is 1.97. The zero-order valence-electron chi connectivity index (χ0n) is 12.0. The third kappa shape index (κ3) is 7.10. The topological polar surface area (TPSA) is 89.5 Å². The van der Waals surface area contributed by atoms with Crippen LogP contribution < -0.4 is 5.32 Å². The van der Waals surface area contributed by atoms with Gasteiger partial charge in [0.05, 0.1) is 5.92 Å². The van der Waals surface area contributed by atoms with E-state index in [0.29, 0.717) is 6.42 Å². The molecule has 0 spiro atoms. The summed E-state index contributed by atoms with van der Waals surface area (Å²) in [5.41, 5.74) is 0. The molecule has 0 bridgehead atoms. The zero-order chi connectivity index (χ0) is 15.8. The van der Waals surface area contributed by atoms with Gasteiger partial charge in [-0.05, 0) is 19.4 Å². The van der Waals surface area contributed by atoms with Crippen LogP contribution in [0.2, 0.25) is 0 Å². The molecule has 118 valence electrons. The Balaban J connectivity index is 2.53. The summed E-state index contributed by atoms with van der Waals surface area (Å²) in [6.45, 7) is 3.54. The fraction of sp³-hybridized carbons (Fsp3) is 0.692. The van der Waals surface area contributed by atoms with Crippen molar-refractivity contribution in [3.05, 3.63) is 0 Å². The molecule has 21 heavy (non-hydrogen) atoms. The molecule has 1 rings (SSSR count). The maximum Gasteiger partial charge on any atom is 0.330 e. The molecule has 1 fully saturated rings. The highest BCUT2D eigenvalue weighted by molar-refractivity contribution is 8.14. The number of carbonyl (C=O) groups excluding carboxylic acids is 4. The van der Waals surface area contributed by atoms with Gasteiger partial charge in [-0.1, -0.05) is 23.5 Å². The van der Waals surface area contributed by atoms with Gasteiger partial charge in [-0.3, -0.25) is 14.4 Å². The Morgan fingerprint density at radius 1 is 1.14 bits per heavy atom. The molecule has 1 saturated heterocycles. The van der Waals surface area contributed by atoms with Crippen LogP contribution in [0.15, 0.2) is 0 Å². The van der Waals surface area contributed by atoms with Crippen molar-refractivity contribution in [3.63, 3.8) is 0 Å². The number of ether oxygens (including phenoxy) is 1. The summed E-state index contributed by atoms with van der Waals surface area (Å²) in [5, 5.41) is 2.71. The number of hydrogen-bond acceptors (Lipinski definition) is 8. The molecule has 6 nitrogen and oxygen atoms in total. The van der Waals surface area contributed by atoms with E-state index in [9.17, 15) is 19.2 Å². The van der Waals surface area contributed by atoms with E-state index in [1.54, 1.807) is 0 Å². The van der Waals surface area contributed by atoms with Crippen molar-refractivity contribution < 1.29 is 23.9 Å². The van der Waals surface area contributed by atoms with Crippen molar-refractivity contribution in [2.75, 3.05) is 18.1 Å². The second-order valence-corrected chi connectivity index (χ2v) is 7.09. The first kappa shape index (κ1) is 18.2. The highest BCUT2D eigenvalue weighted by atomic mass is 32.2. The fourth-order valence-electron chi connectivity index (χ4n) is 1.76. The van der Waals surface area contributed by atoms with Gasteiger partial charge in [-0.25, -0.2) is 4.79 Å². The molecule has 0 saturated carbocycles. The van der Waals surface area contributed by atoms with E-state index in [0.717, 1.165) is 36.5 Å². The van der Waals surface area contributed by atoms with E-state index in [4.69, 9.17) is 4.74 Å². The largest absolute Gasteiger partial charge is 0.392 e. The van der Waals surface area contributed by atoms with Crippen LogP contribution >= 0.6 is 23.5 Å². The second kappa shape index (κ2) is 9.22. The predicted octanol–water partition coefficient (Wildman–Crippen LogP) is 0.984. The number of hydrogen-bond donors (Lipinski definition) is 1. The number of nitrogens with one attached hydrogen (secondary N) is 1. The van der Waals surface area contributed by atoms with E-state index >= 15 is 0 Å². The van der Waals surface area contributed by atoms with E-state index in [1.165, 1.54) is 13.8 Å². The SMILES string of the molecule is CC(=O)SCC(CSC(C)=O)C(=O)OC(=O)[C@@H]1CCCN1. The number of esters is 2. The Morgan fingerprint density at radius 3 is 2.14 bits per heavy atom. The van der Waals surface area contributed by atoms with Gasteiger partial charge >= 0.3 is 11.9 Å². The van der Waals surface area contributed by atoms with Crippen molar-refractivity contribution in [2.45, 2.75) is 32.7 Å². The third-order valence-corrected chi connectivity index (χ3v) is 4.81. The molecule has 0 aromatic rings. The lowest BCUT2D eigenvalue weighted by atomic mass is 10.2. The molecule has 0 aromatic heterocycles. The number of thioether (sulfide) groups is 2. The Labute approximate surface area is 132 Å². The lowest BCUT2D eigenvalue weighted by molar-refractivity contribution is -0.162. The van der Waals surface area contributed by atoms with Gasteiger partial charge in [0, 0.05) is 25.4 Å². The van der Waals surface area contributed by atoms with Gasteiger partial charge in [0.2, 0.25) is 0 Å². The quantitative estimate of drug-likeness (QED) is 0.568. The van der Waals surface area contributed by atoms with Crippen LogP contribution in [0, 0.1) is 5.92 Å². The first-order valence-electron chi connectivity index (χ1n) is 6.65. The molecule has 1 aliphatic heterocycles. The van der Waals surface area contributed by atoms with Crippen LogP contribution in [0.5, 0.6) is 0 Å². The second-order valence-electron chi connectivity index (χ2n) is 4.69. The zero-order valence-corrected chi connectivity index (χ0v) is 13.7. The van der Waals surface area contributed by atoms with Crippen LogP contribution in [0.4, 0.5) is 0 Å². The Hall–Kier alpha value is -0.860. The molecule has 0 aliphatic carbocycles. The predicted molar refractivity (Wildman–Crippen MR) is 81.9 cm³/mol. The lowest BCUT2D eigenvalue weighted by Gasteiger charge is -2.15. The van der Waals surface area contributed by atoms with Crippen molar-refractivity contribution in [2.24, 2.45) is 5.92 Å². The molecule has 1 atom stereocenters. The number of carbonyl (C=O) groups is 4. The van der Waals surface area contributed by atoms with Gasteiger partial charge in [0.1, 0.15) is 6.04 Å². The van der Waals surface area contributed by atoms with Gasteiger partial charge in [0.25, 0.3) is 0 Å². The highest BCUT2D eigenvalue weighted by Gasteiger charge is 2.29. The van der Waals surface area contributed by atoms with Crippen LogP contribution in [0.3, 0.4) is 0 Å². The van der Waals surface area contributed by atoms with Crippen molar-refractivity contribution in [1.82, 2.24) is 5.32 Å². The maximum absolute atomic E-state index is 12.0. The first-order chi connectivity index (χ1) is 9.90. The summed E-state index contributed by atoms with van der Waals surface area (Å²) in [6.07, 6.45) is 1.53. The Morgan fingerprint density at radius 2 is 1.71 bits per heavy atom. The molecule has 1 heterocycles. The molecular formula is C13H19NO5S2. The van der Waals surface area contributed by atoms with Crippen LogP contribution in [-0.4, -0.2) is 46.3 Å². The van der Waals surface area contributed by atoms with Crippen LogP contribution in [0.25, 0.3) is 0 Å². The van der Waals surface area contributed by atoms with Crippen LogP contribution in [0.1, 0.15) is 26.7 Å². The van der Waals surface area contributed by atoms with Crippen LogP contribution in [-0.2, 0) is 23.9 Å². The maximum atomic E-state index is 12.0. The summed E-state index contributed by atoms with van der Waals surface area (Å²) in [7, 11) is 0. The van der Waals surface area contributed by atoms with E-state index < -0.39 is 23.9 Å². The van der Waals surface area contributed by atoms with Gasteiger partial charge in [0.15, 0.2) is 10.2 Å². The first-order valence-corrected chi connectivity index (χ1v) is 8.63. The molecule has 0 radical (unpaired) electrons. The van der Waals surface area contributed by atoms with Crippen molar-refractivity contribution in [1.29, 1.82) is 0 Å². The summed E-state index contributed by atoms with van der Waals surface area (Å²) in [5.74, 6) is -1.49. The Bertz CT molecular complexity index is 403. The Kier molecular flexibility index (Phi) is 7.98. The smallest absolute Gasteiger partial charge is 0.330 e. The summed E-state index contributed by atoms with van der Waals surface area (Å²) < 4.78 is 4.87. The minimum absolute atomic E-state index is 0.121. The fourth-order valence-corrected chi connectivity index (χ4v) is 3.29. The molecule has 1 N–H and O–H groups in total. The van der Waals surface area contributed by atoms with Gasteiger partial charge < -0.3 is 10.1 Å². The standard InChI is InChI=1S/C13H19NO5S2/c1-8(15)20-6-10(7-21-9(2)16)12(17)19-13(18)11-4-3-5-14-11/h10-11,14H,3-7H2,1-2H3/t11-/m0/s1. The highest BCUT2D eigenvalue weighted by Crippen LogP contribution is 2.18. The third-order valence-electron chi connectivity index (χ3n) is 2.85.